The van der Waals surface area contributed by atoms with Crippen molar-refractivity contribution in [1.29, 1.82) is 0 Å². The molecule has 0 atom stereocenters. The zero-order chi connectivity index (χ0) is 13.4. The van der Waals surface area contributed by atoms with E-state index in [-0.39, 0.29) is 3.57 Å². The van der Waals surface area contributed by atoms with Gasteiger partial charge in [0.1, 0.15) is 0 Å². The molecule has 0 heterocycles. The number of non-ortho nitro benzene ring substituents is 1. The van der Waals surface area contributed by atoms with E-state index in [2.05, 4.69) is 0 Å². The maximum absolute atomic E-state index is 12.7. The topological polar surface area (TPSA) is 77.3 Å². The van der Waals surface area contributed by atoms with Gasteiger partial charge in [-0.15, -0.1) is 0 Å². The Hall–Kier alpha value is -0.550. The Bertz CT molecular complexity index is 577. The Morgan fingerprint density at radius 1 is 1.41 bits per heavy atom. The van der Waals surface area contributed by atoms with Crippen LogP contribution in [0.3, 0.4) is 0 Å². The smallest absolute Gasteiger partial charge is 0.258 e. The number of nitro benzene ring substituents is 1. The summed E-state index contributed by atoms with van der Waals surface area (Å²) in [4.78, 5) is 8.67. The highest BCUT2D eigenvalue weighted by Gasteiger charge is 2.28. The first-order valence-electron chi connectivity index (χ1n) is 3.85. The minimum Gasteiger partial charge on any atom is -0.258 e. The summed E-state index contributed by atoms with van der Waals surface area (Å²) in [5.41, 5.74) is -1.44. The predicted octanol–water partition coefficient (Wildman–Crippen LogP) is 3.06. The first-order valence-corrected chi connectivity index (χ1v) is 7.24. The van der Waals surface area contributed by atoms with Crippen molar-refractivity contribution < 1.29 is 22.1 Å². The molecule has 0 aliphatic heterocycles. The molecule has 1 aromatic carbocycles. The van der Waals surface area contributed by atoms with Gasteiger partial charge in [0.05, 0.1) is 15.4 Å². The summed E-state index contributed by atoms with van der Waals surface area (Å²) in [6, 6.07) is 1.37. The Balaban J connectivity index is 3.69. The largest absolute Gasteiger partial charge is 0.271 e. The summed E-state index contributed by atoms with van der Waals surface area (Å²) < 4.78 is 47.3. The number of hydrogen-bond donors (Lipinski definition) is 0. The van der Waals surface area contributed by atoms with Crippen LogP contribution < -0.4 is 0 Å². The normalized spacial score (nSPS) is 11.8. The molecule has 0 N–H and O–H groups in total. The molecule has 1 rings (SSSR count). The van der Waals surface area contributed by atoms with Crippen molar-refractivity contribution in [3.8, 4) is 0 Å². The van der Waals surface area contributed by atoms with Crippen molar-refractivity contribution in [2.75, 3.05) is 0 Å². The number of rotatable bonds is 3. The molecule has 0 spiro atoms. The maximum Gasteiger partial charge on any atom is 0.271 e. The van der Waals surface area contributed by atoms with Crippen molar-refractivity contribution in [3.05, 3.63) is 31.4 Å². The fourth-order valence-corrected chi connectivity index (χ4v) is 3.23. The van der Waals surface area contributed by atoms with Crippen molar-refractivity contribution in [2.24, 2.45) is 0 Å². The van der Waals surface area contributed by atoms with Gasteiger partial charge in [-0.3, -0.25) is 10.1 Å². The average molecular weight is 398 g/mol. The molecule has 0 bridgehead atoms. The fourth-order valence-electron chi connectivity index (χ4n) is 1.10. The number of hydrogen-bond acceptors (Lipinski definition) is 4. The maximum atomic E-state index is 12.7. The molecular formula is C7H3ClF2INO4S. The second-order valence-corrected chi connectivity index (χ2v) is 6.53. The molecule has 0 saturated carbocycles. The number of nitrogens with zero attached hydrogens (tertiary/aromatic N) is 1. The molecule has 0 amide bonds. The van der Waals surface area contributed by atoms with Crippen LogP contribution in [0.1, 0.15) is 12.0 Å². The summed E-state index contributed by atoms with van der Waals surface area (Å²) in [5.74, 6) is 0. The molecule has 0 fully saturated rings. The first-order chi connectivity index (χ1) is 7.64. The van der Waals surface area contributed by atoms with Crippen LogP contribution >= 0.6 is 33.3 Å². The van der Waals surface area contributed by atoms with E-state index in [0.29, 0.717) is 6.07 Å². The van der Waals surface area contributed by atoms with Crippen molar-refractivity contribution in [2.45, 2.75) is 11.3 Å². The van der Waals surface area contributed by atoms with Gasteiger partial charge in [0.2, 0.25) is 0 Å². The van der Waals surface area contributed by atoms with Crippen molar-refractivity contribution in [1.82, 2.24) is 0 Å². The molecule has 94 valence electrons. The molecule has 0 aliphatic rings. The highest BCUT2D eigenvalue weighted by Crippen LogP contribution is 2.35. The van der Waals surface area contributed by atoms with E-state index in [0.717, 1.165) is 6.07 Å². The summed E-state index contributed by atoms with van der Waals surface area (Å²) >= 11 is 1.39. The van der Waals surface area contributed by atoms with E-state index in [1.807, 2.05) is 0 Å². The number of halogens is 4. The fraction of sp³-hybridized carbons (Fsp3) is 0.143. The van der Waals surface area contributed by atoms with Gasteiger partial charge in [0.15, 0.2) is 0 Å². The number of nitro groups is 1. The Labute approximate surface area is 112 Å². The van der Waals surface area contributed by atoms with Crippen molar-refractivity contribution in [3.63, 3.8) is 0 Å². The first kappa shape index (κ1) is 14.5. The zero-order valence-corrected chi connectivity index (χ0v) is 11.5. The van der Waals surface area contributed by atoms with Gasteiger partial charge in [0, 0.05) is 26.4 Å². The standard InChI is InChI=1S/C7H3ClF2INO4S/c8-17(15,16)5-2-3(12(13)14)1-4(11)6(5)7(9)10/h1-2,7H. The van der Waals surface area contributed by atoms with E-state index in [9.17, 15) is 27.3 Å². The number of benzene rings is 1. The minimum atomic E-state index is -4.47. The predicted molar refractivity (Wildman–Crippen MR) is 63.8 cm³/mol. The monoisotopic (exact) mass is 397 g/mol. The van der Waals surface area contributed by atoms with Gasteiger partial charge in [-0.05, 0) is 22.6 Å². The van der Waals surface area contributed by atoms with Crippen LogP contribution in [0.4, 0.5) is 14.5 Å². The second-order valence-electron chi connectivity index (χ2n) is 2.84. The third-order valence-corrected chi connectivity index (χ3v) is 4.02. The highest BCUT2D eigenvalue weighted by atomic mass is 127. The van der Waals surface area contributed by atoms with Gasteiger partial charge >= 0.3 is 0 Å². The lowest BCUT2D eigenvalue weighted by atomic mass is 10.2. The highest BCUT2D eigenvalue weighted by molar-refractivity contribution is 14.1. The van der Waals surface area contributed by atoms with Gasteiger partial charge < -0.3 is 0 Å². The summed E-state index contributed by atoms with van der Waals surface area (Å²) in [6.07, 6.45) is -3.09. The summed E-state index contributed by atoms with van der Waals surface area (Å²) in [5, 5.41) is 10.5. The molecule has 1 aromatic rings. The molecule has 0 radical (unpaired) electrons. The van der Waals surface area contributed by atoms with Gasteiger partial charge in [-0.25, -0.2) is 17.2 Å². The number of alkyl halides is 2. The molecule has 10 heteroatoms. The molecule has 0 aliphatic carbocycles. The molecule has 0 saturated heterocycles. The van der Waals surface area contributed by atoms with E-state index in [1.54, 1.807) is 0 Å². The quantitative estimate of drug-likeness (QED) is 0.340. The van der Waals surface area contributed by atoms with Crippen LogP contribution in [0.5, 0.6) is 0 Å². The minimum absolute atomic E-state index is 0.231. The lowest BCUT2D eigenvalue weighted by Gasteiger charge is -2.08. The van der Waals surface area contributed by atoms with Gasteiger partial charge in [0.25, 0.3) is 21.2 Å². The van der Waals surface area contributed by atoms with Crippen LogP contribution in [-0.2, 0) is 9.05 Å². The van der Waals surface area contributed by atoms with Gasteiger partial charge in [-0.1, -0.05) is 0 Å². The molecule has 17 heavy (non-hydrogen) atoms. The zero-order valence-electron chi connectivity index (χ0n) is 7.73. The van der Waals surface area contributed by atoms with Crippen LogP contribution in [0.25, 0.3) is 0 Å². The van der Waals surface area contributed by atoms with E-state index in [4.69, 9.17) is 10.7 Å². The Kier molecular flexibility index (Phi) is 4.25. The molecule has 5 nitrogen and oxygen atoms in total. The third-order valence-electron chi connectivity index (χ3n) is 1.77. The van der Waals surface area contributed by atoms with E-state index >= 15 is 0 Å². The lowest BCUT2D eigenvalue weighted by Crippen LogP contribution is -2.03. The molecular weight excluding hydrogens is 395 g/mol. The van der Waals surface area contributed by atoms with Crippen molar-refractivity contribution >= 4 is 48.0 Å². The SMILES string of the molecule is O=[N+]([O-])c1cc(I)c(C(F)F)c(S(=O)(=O)Cl)c1. The van der Waals surface area contributed by atoms with E-state index < -0.39 is 36.5 Å². The Morgan fingerprint density at radius 3 is 2.29 bits per heavy atom. The average Bonchev–Trinajstić information content (AvgIpc) is 2.14. The Morgan fingerprint density at radius 2 is 1.94 bits per heavy atom. The summed E-state index contributed by atoms with van der Waals surface area (Å²) in [6.45, 7) is 0. The van der Waals surface area contributed by atoms with Crippen LogP contribution in [-0.4, -0.2) is 13.3 Å². The molecule has 0 unspecified atom stereocenters. The second kappa shape index (κ2) is 4.98. The van der Waals surface area contributed by atoms with E-state index in [1.165, 1.54) is 22.6 Å². The van der Waals surface area contributed by atoms with Crippen LogP contribution in [0.15, 0.2) is 17.0 Å². The molecule has 0 aromatic heterocycles. The summed E-state index contributed by atoms with van der Waals surface area (Å²) in [7, 11) is 0.495. The van der Waals surface area contributed by atoms with Gasteiger partial charge in [-0.2, -0.15) is 0 Å². The third kappa shape index (κ3) is 3.22. The van der Waals surface area contributed by atoms with Crippen LogP contribution in [0.2, 0.25) is 0 Å². The van der Waals surface area contributed by atoms with Crippen LogP contribution in [0, 0.1) is 13.7 Å². The lowest BCUT2D eigenvalue weighted by molar-refractivity contribution is -0.385.